The summed E-state index contributed by atoms with van der Waals surface area (Å²) in [6.07, 6.45) is 0.713. The van der Waals surface area contributed by atoms with E-state index < -0.39 is 5.63 Å². The van der Waals surface area contributed by atoms with Gasteiger partial charge in [0.2, 0.25) is 5.91 Å². The number of amides is 1. The third-order valence-corrected chi connectivity index (χ3v) is 4.77. The van der Waals surface area contributed by atoms with Crippen molar-refractivity contribution in [3.05, 3.63) is 39.7 Å². The highest BCUT2D eigenvalue weighted by molar-refractivity contribution is 5.82. The molecule has 0 radical (unpaired) electrons. The molecule has 0 spiro atoms. The molecule has 1 amide bonds. The number of hydrogen-bond acceptors (Lipinski definition) is 4. The van der Waals surface area contributed by atoms with Crippen LogP contribution in [0.5, 0.6) is 5.75 Å². The normalized spacial score (nSPS) is 15.8. The standard InChI is InChI=1S/C18H22N2O4/c1-3-13-8-15-14(9-18(23)24-17(15)10-16(13)22)11-19-4-6-20(7-5-19)12(2)21/h8-10,22H,3-7,11H2,1-2H3/p+1. The summed E-state index contributed by atoms with van der Waals surface area (Å²) in [6, 6.07) is 4.99. The van der Waals surface area contributed by atoms with E-state index in [1.165, 1.54) is 11.0 Å². The molecule has 128 valence electrons. The van der Waals surface area contributed by atoms with Crippen molar-refractivity contribution in [2.45, 2.75) is 26.8 Å². The molecule has 1 fully saturated rings. The Hall–Kier alpha value is -2.34. The van der Waals surface area contributed by atoms with Gasteiger partial charge in [0.1, 0.15) is 17.9 Å². The number of aryl methyl sites for hydroxylation is 1. The molecule has 1 aromatic heterocycles. The molecule has 2 heterocycles. The van der Waals surface area contributed by atoms with Crippen molar-refractivity contribution in [2.24, 2.45) is 0 Å². The molecule has 0 atom stereocenters. The van der Waals surface area contributed by atoms with Gasteiger partial charge in [-0.1, -0.05) is 6.92 Å². The van der Waals surface area contributed by atoms with Gasteiger partial charge in [-0.2, -0.15) is 0 Å². The summed E-state index contributed by atoms with van der Waals surface area (Å²) >= 11 is 0. The summed E-state index contributed by atoms with van der Waals surface area (Å²) in [5.41, 5.74) is 1.80. The zero-order valence-electron chi connectivity index (χ0n) is 14.1. The number of carbonyl (C=O) groups is 1. The van der Waals surface area contributed by atoms with E-state index in [0.29, 0.717) is 18.5 Å². The maximum Gasteiger partial charge on any atom is 0.336 e. The van der Waals surface area contributed by atoms with Gasteiger partial charge in [-0.3, -0.25) is 4.79 Å². The van der Waals surface area contributed by atoms with E-state index in [-0.39, 0.29) is 11.7 Å². The Labute approximate surface area is 140 Å². The SMILES string of the molecule is CCc1cc2c(C[NH+]3CCN(C(C)=O)CC3)cc(=O)oc2cc1O. The zero-order valence-corrected chi connectivity index (χ0v) is 14.1. The fourth-order valence-electron chi connectivity index (χ4n) is 3.32. The lowest BCUT2D eigenvalue weighted by atomic mass is 10.0. The second kappa shape index (κ2) is 6.65. The number of hydrogen-bond donors (Lipinski definition) is 2. The Kier molecular flexibility index (Phi) is 4.57. The second-order valence-electron chi connectivity index (χ2n) is 6.35. The minimum atomic E-state index is -0.400. The number of fused-ring (bicyclic) bond motifs is 1. The van der Waals surface area contributed by atoms with E-state index in [1.54, 1.807) is 13.0 Å². The van der Waals surface area contributed by atoms with E-state index in [2.05, 4.69) is 0 Å². The predicted molar refractivity (Wildman–Crippen MR) is 90.2 cm³/mol. The maximum absolute atomic E-state index is 11.8. The van der Waals surface area contributed by atoms with Gasteiger partial charge in [-0.25, -0.2) is 4.79 Å². The molecule has 0 unspecified atom stereocenters. The molecule has 24 heavy (non-hydrogen) atoms. The molecule has 1 saturated heterocycles. The summed E-state index contributed by atoms with van der Waals surface area (Å²) in [7, 11) is 0. The molecule has 3 rings (SSSR count). The number of phenols is 1. The third kappa shape index (κ3) is 3.28. The number of phenolic OH excluding ortho intramolecular Hbond substituents is 1. The van der Waals surface area contributed by atoms with Gasteiger partial charge < -0.3 is 19.3 Å². The molecule has 1 aliphatic heterocycles. The summed E-state index contributed by atoms with van der Waals surface area (Å²) in [4.78, 5) is 26.5. The van der Waals surface area contributed by atoms with Crippen molar-refractivity contribution < 1.29 is 19.2 Å². The van der Waals surface area contributed by atoms with Crippen molar-refractivity contribution in [3.8, 4) is 5.75 Å². The molecule has 6 heteroatoms. The first-order chi connectivity index (χ1) is 11.5. The Balaban J connectivity index is 1.89. The smallest absolute Gasteiger partial charge is 0.336 e. The lowest BCUT2D eigenvalue weighted by Gasteiger charge is -2.31. The summed E-state index contributed by atoms with van der Waals surface area (Å²) in [6.45, 7) is 7.49. The molecule has 0 saturated carbocycles. The van der Waals surface area contributed by atoms with Gasteiger partial charge in [-0.05, 0) is 18.1 Å². The number of aromatic hydroxyl groups is 1. The molecule has 2 aromatic rings. The average Bonchev–Trinajstić information content (AvgIpc) is 2.54. The Morgan fingerprint density at radius 1 is 1.25 bits per heavy atom. The van der Waals surface area contributed by atoms with Crippen molar-refractivity contribution >= 4 is 16.9 Å². The largest absolute Gasteiger partial charge is 0.508 e. The molecule has 0 bridgehead atoms. The van der Waals surface area contributed by atoms with Crippen LogP contribution < -0.4 is 10.5 Å². The number of piperazine rings is 1. The Bertz CT molecular complexity index is 820. The molecule has 2 N–H and O–H groups in total. The monoisotopic (exact) mass is 331 g/mol. The quantitative estimate of drug-likeness (QED) is 0.794. The van der Waals surface area contributed by atoms with Crippen molar-refractivity contribution in [1.82, 2.24) is 4.90 Å². The van der Waals surface area contributed by atoms with E-state index in [0.717, 1.165) is 42.7 Å². The molecule has 6 nitrogen and oxygen atoms in total. The number of carbonyl (C=O) groups excluding carboxylic acids is 1. The van der Waals surface area contributed by atoms with E-state index in [1.807, 2.05) is 17.9 Å². The summed E-state index contributed by atoms with van der Waals surface area (Å²) < 4.78 is 5.24. The van der Waals surface area contributed by atoms with Gasteiger partial charge in [0.25, 0.3) is 0 Å². The Morgan fingerprint density at radius 2 is 1.96 bits per heavy atom. The van der Waals surface area contributed by atoms with Crippen molar-refractivity contribution in [3.63, 3.8) is 0 Å². The topological polar surface area (TPSA) is 75.2 Å². The van der Waals surface area contributed by atoms with Crippen LogP contribution in [-0.2, 0) is 17.8 Å². The molecular formula is C18H23N2O4+. The van der Waals surface area contributed by atoms with Crippen LogP contribution in [0.25, 0.3) is 11.0 Å². The number of quaternary nitrogens is 1. The van der Waals surface area contributed by atoms with Gasteiger partial charge in [0, 0.05) is 30.0 Å². The highest BCUT2D eigenvalue weighted by atomic mass is 16.4. The van der Waals surface area contributed by atoms with E-state index >= 15 is 0 Å². The molecular weight excluding hydrogens is 308 g/mol. The fourth-order valence-corrected chi connectivity index (χ4v) is 3.32. The lowest BCUT2D eigenvalue weighted by Crippen LogP contribution is -3.13. The number of benzene rings is 1. The summed E-state index contributed by atoms with van der Waals surface area (Å²) in [5, 5.41) is 10.9. The van der Waals surface area contributed by atoms with Crippen molar-refractivity contribution in [2.75, 3.05) is 26.2 Å². The van der Waals surface area contributed by atoms with Gasteiger partial charge in [-0.15, -0.1) is 0 Å². The van der Waals surface area contributed by atoms with Crippen LogP contribution in [0.3, 0.4) is 0 Å². The zero-order chi connectivity index (χ0) is 17.3. The number of nitrogens with one attached hydrogen (secondary N) is 1. The Morgan fingerprint density at radius 3 is 2.58 bits per heavy atom. The van der Waals surface area contributed by atoms with Gasteiger partial charge >= 0.3 is 5.63 Å². The third-order valence-electron chi connectivity index (χ3n) is 4.77. The minimum Gasteiger partial charge on any atom is -0.508 e. The highest BCUT2D eigenvalue weighted by Gasteiger charge is 2.22. The van der Waals surface area contributed by atoms with E-state index in [9.17, 15) is 14.7 Å². The first kappa shape index (κ1) is 16.5. The van der Waals surface area contributed by atoms with Gasteiger partial charge in [0.05, 0.1) is 26.2 Å². The van der Waals surface area contributed by atoms with Crippen LogP contribution in [0.15, 0.2) is 27.4 Å². The van der Waals surface area contributed by atoms with Crippen LogP contribution in [0.1, 0.15) is 25.0 Å². The van der Waals surface area contributed by atoms with Crippen LogP contribution in [-0.4, -0.2) is 42.1 Å². The average molecular weight is 331 g/mol. The molecule has 1 aromatic carbocycles. The molecule has 0 aliphatic carbocycles. The lowest BCUT2D eigenvalue weighted by molar-refractivity contribution is -0.917. The highest BCUT2D eigenvalue weighted by Crippen LogP contribution is 2.26. The summed E-state index contributed by atoms with van der Waals surface area (Å²) in [5.74, 6) is 0.274. The van der Waals surface area contributed by atoms with Crippen molar-refractivity contribution in [1.29, 1.82) is 0 Å². The second-order valence-corrected chi connectivity index (χ2v) is 6.35. The van der Waals surface area contributed by atoms with Crippen LogP contribution in [0.4, 0.5) is 0 Å². The maximum atomic E-state index is 11.8. The number of rotatable bonds is 3. The first-order valence-electron chi connectivity index (χ1n) is 8.35. The number of nitrogens with zero attached hydrogens (tertiary/aromatic N) is 1. The first-order valence-corrected chi connectivity index (χ1v) is 8.35. The van der Waals surface area contributed by atoms with Crippen LogP contribution in [0.2, 0.25) is 0 Å². The van der Waals surface area contributed by atoms with Gasteiger partial charge in [0.15, 0.2) is 0 Å². The van der Waals surface area contributed by atoms with Crippen LogP contribution in [0, 0.1) is 0 Å². The van der Waals surface area contributed by atoms with Crippen LogP contribution >= 0.6 is 0 Å². The molecule has 1 aliphatic rings. The fraction of sp³-hybridized carbons (Fsp3) is 0.444. The minimum absolute atomic E-state index is 0.114. The predicted octanol–water partition coefficient (Wildman–Crippen LogP) is 0.308. The van der Waals surface area contributed by atoms with E-state index in [4.69, 9.17) is 4.42 Å².